The Kier molecular flexibility index (Phi) is 6.72. The van der Waals surface area contributed by atoms with Gasteiger partial charge in [-0.1, -0.05) is 13.3 Å². The third-order valence-corrected chi connectivity index (χ3v) is 1.77. The van der Waals surface area contributed by atoms with Crippen molar-refractivity contribution in [3.63, 3.8) is 0 Å². The summed E-state index contributed by atoms with van der Waals surface area (Å²) in [5, 5.41) is 28.4. The number of nitrogens with zero attached hydrogens (tertiary/aromatic N) is 1. The maximum Gasteiger partial charge on any atom is 0.237 e. The van der Waals surface area contributed by atoms with Crippen molar-refractivity contribution in [1.82, 2.24) is 5.32 Å². The van der Waals surface area contributed by atoms with Gasteiger partial charge in [-0.25, -0.2) is 0 Å². The molecule has 0 bridgehead atoms. The molecule has 0 aliphatic heterocycles. The molecule has 5 nitrogen and oxygen atoms in total. The minimum atomic E-state index is -0.958. The Morgan fingerprint density at radius 3 is 2.71 bits per heavy atom. The number of rotatable bonds is 6. The predicted molar refractivity (Wildman–Crippen MR) is 50.1 cm³/mol. The second-order valence-corrected chi connectivity index (χ2v) is 3.05. The van der Waals surface area contributed by atoms with Crippen LogP contribution in [-0.2, 0) is 4.79 Å². The molecule has 0 radical (unpaired) electrons. The van der Waals surface area contributed by atoms with Crippen LogP contribution >= 0.6 is 0 Å². The summed E-state index contributed by atoms with van der Waals surface area (Å²) in [6, 6.07) is 1.89. The summed E-state index contributed by atoms with van der Waals surface area (Å²) in [6.07, 6.45) is 0.311. The highest BCUT2D eigenvalue weighted by Crippen LogP contribution is 2.04. The molecule has 0 rings (SSSR count). The van der Waals surface area contributed by atoms with E-state index in [-0.39, 0.29) is 12.5 Å². The van der Waals surface area contributed by atoms with Crippen LogP contribution in [0.4, 0.5) is 0 Å². The quantitative estimate of drug-likeness (QED) is 0.533. The fraction of sp³-hybridized carbons (Fsp3) is 0.778. The van der Waals surface area contributed by atoms with Crippen molar-refractivity contribution in [3.8, 4) is 6.07 Å². The van der Waals surface area contributed by atoms with Crippen LogP contribution in [0, 0.1) is 17.2 Å². The molecule has 0 aliphatic carbocycles. The van der Waals surface area contributed by atoms with Gasteiger partial charge in [0.05, 0.1) is 18.8 Å². The Hall–Kier alpha value is -1.12. The first kappa shape index (κ1) is 12.9. The average molecular weight is 200 g/mol. The molecular formula is C9H16N2O3. The number of carbonyl (C=O) groups excluding carboxylic acids is 1. The number of carbonyl (C=O) groups is 1. The van der Waals surface area contributed by atoms with Crippen molar-refractivity contribution >= 4 is 5.91 Å². The molecule has 0 aromatic carbocycles. The summed E-state index contributed by atoms with van der Waals surface area (Å²) < 4.78 is 0. The van der Waals surface area contributed by atoms with Crippen molar-refractivity contribution in [3.05, 3.63) is 0 Å². The van der Waals surface area contributed by atoms with Gasteiger partial charge in [0.2, 0.25) is 5.91 Å². The summed E-state index contributed by atoms with van der Waals surface area (Å²) in [5.74, 6) is -1.05. The van der Waals surface area contributed by atoms with Gasteiger partial charge in [0.25, 0.3) is 0 Å². The molecule has 1 amide bonds. The van der Waals surface area contributed by atoms with Gasteiger partial charge in [0.1, 0.15) is 5.92 Å². The minimum Gasteiger partial charge on any atom is -0.394 e. The van der Waals surface area contributed by atoms with E-state index in [1.807, 2.05) is 13.0 Å². The lowest BCUT2D eigenvalue weighted by Gasteiger charge is -2.11. The number of nitrogens with one attached hydrogen (secondary N) is 1. The van der Waals surface area contributed by atoms with E-state index in [4.69, 9.17) is 15.5 Å². The number of nitriles is 1. The van der Waals surface area contributed by atoms with Crippen molar-refractivity contribution in [1.29, 1.82) is 5.26 Å². The molecule has 0 aliphatic rings. The number of aliphatic hydroxyl groups excluding tert-OH is 2. The van der Waals surface area contributed by atoms with Gasteiger partial charge in [-0.15, -0.1) is 0 Å². The lowest BCUT2D eigenvalue weighted by atomic mass is 10.1. The van der Waals surface area contributed by atoms with Crippen LogP contribution in [0.2, 0.25) is 0 Å². The van der Waals surface area contributed by atoms with Gasteiger partial charge in [-0.2, -0.15) is 5.26 Å². The zero-order chi connectivity index (χ0) is 11.0. The molecule has 0 saturated heterocycles. The third kappa shape index (κ3) is 4.80. The highest BCUT2D eigenvalue weighted by Gasteiger charge is 2.16. The van der Waals surface area contributed by atoms with Crippen molar-refractivity contribution in [2.24, 2.45) is 5.92 Å². The number of hydrogen-bond acceptors (Lipinski definition) is 4. The van der Waals surface area contributed by atoms with Crippen LogP contribution in [0.5, 0.6) is 0 Å². The highest BCUT2D eigenvalue weighted by atomic mass is 16.3. The molecule has 2 unspecified atom stereocenters. The third-order valence-electron chi connectivity index (χ3n) is 1.77. The first-order valence-electron chi connectivity index (χ1n) is 4.61. The normalized spacial score (nSPS) is 14.1. The number of hydrogen-bond donors (Lipinski definition) is 3. The molecule has 3 N–H and O–H groups in total. The van der Waals surface area contributed by atoms with Gasteiger partial charge >= 0.3 is 0 Å². The molecule has 0 saturated carbocycles. The first-order valence-corrected chi connectivity index (χ1v) is 4.61. The van der Waals surface area contributed by atoms with Crippen LogP contribution in [-0.4, -0.2) is 35.4 Å². The van der Waals surface area contributed by atoms with Gasteiger partial charge in [0, 0.05) is 6.54 Å². The van der Waals surface area contributed by atoms with Gasteiger partial charge < -0.3 is 15.5 Å². The van der Waals surface area contributed by atoms with Crippen molar-refractivity contribution in [2.45, 2.75) is 25.9 Å². The lowest BCUT2D eigenvalue weighted by Crippen LogP contribution is -2.37. The second kappa shape index (κ2) is 7.30. The van der Waals surface area contributed by atoms with E-state index in [0.29, 0.717) is 6.42 Å². The Bertz CT molecular complexity index is 213. The summed E-state index contributed by atoms with van der Waals surface area (Å²) in [5.41, 5.74) is 0. The maximum absolute atomic E-state index is 11.3. The van der Waals surface area contributed by atoms with E-state index in [0.717, 1.165) is 6.42 Å². The average Bonchev–Trinajstić information content (AvgIpc) is 2.21. The Balaban J connectivity index is 3.88. The van der Waals surface area contributed by atoms with Crippen molar-refractivity contribution in [2.75, 3.05) is 13.2 Å². The van der Waals surface area contributed by atoms with E-state index in [2.05, 4.69) is 5.32 Å². The monoisotopic (exact) mass is 200 g/mol. The predicted octanol–water partition coefficient (Wildman–Crippen LogP) is -0.604. The fourth-order valence-corrected chi connectivity index (χ4v) is 0.949. The second-order valence-electron chi connectivity index (χ2n) is 3.05. The Labute approximate surface area is 83.4 Å². The zero-order valence-electron chi connectivity index (χ0n) is 8.23. The minimum absolute atomic E-state index is 0.0166. The largest absolute Gasteiger partial charge is 0.394 e. The van der Waals surface area contributed by atoms with Crippen LogP contribution in [0.15, 0.2) is 0 Å². The van der Waals surface area contributed by atoms with Crippen LogP contribution in [0.1, 0.15) is 19.8 Å². The van der Waals surface area contributed by atoms with E-state index in [9.17, 15) is 4.79 Å². The zero-order valence-corrected chi connectivity index (χ0v) is 8.23. The van der Waals surface area contributed by atoms with Gasteiger partial charge in [-0.05, 0) is 6.42 Å². The Morgan fingerprint density at radius 1 is 1.64 bits per heavy atom. The van der Waals surface area contributed by atoms with Crippen LogP contribution in [0.3, 0.4) is 0 Å². The van der Waals surface area contributed by atoms with E-state index in [1.54, 1.807) is 0 Å². The molecular weight excluding hydrogens is 184 g/mol. The number of aliphatic hydroxyl groups is 2. The molecule has 5 heteroatoms. The van der Waals surface area contributed by atoms with E-state index < -0.39 is 18.6 Å². The van der Waals surface area contributed by atoms with Gasteiger partial charge in [0.15, 0.2) is 0 Å². The maximum atomic E-state index is 11.3. The number of amides is 1. The van der Waals surface area contributed by atoms with E-state index >= 15 is 0 Å². The highest BCUT2D eigenvalue weighted by molar-refractivity contribution is 5.80. The fourth-order valence-electron chi connectivity index (χ4n) is 0.949. The standard InChI is InChI=1S/C9H16N2O3/c1-2-3-7(4-10)9(14)11-5-8(13)6-12/h7-8,12-13H,2-3,5-6H2,1H3,(H,11,14). The molecule has 2 atom stereocenters. The lowest BCUT2D eigenvalue weighted by molar-refractivity contribution is -0.124. The molecule has 0 aromatic rings. The molecule has 0 aromatic heterocycles. The van der Waals surface area contributed by atoms with Crippen LogP contribution < -0.4 is 5.32 Å². The van der Waals surface area contributed by atoms with E-state index in [1.165, 1.54) is 0 Å². The first-order chi connectivity index (χ1) is 6.65. The SMILES string of the molecule is CCCC(C#N)C(=O)NCC(O)CO. The summed E-state index contributed by atoms with van der Waals surface area (Å²) >= 11 is 0. The molecule has 80 valence electrons. The Morgan fingerprint density at radius 2 is 2.29 bits per heavy atom. The molecule has 0 spiro atoms. The van der Waals surface area contributed by atoms with Crippen molar-refractivity contribution < 1.29 is 15.0 Å². The topological polar surface area (TPSA) is 93.4 Å². The molecule has 14 heavy (non-hydrogen) atoms. The summed E-state index contributed by atoms with van der Waals surface area (Å²) in [7, 11) is 0. The molecule has 0 heterocycles. The molecule has 0 fully saturated rings. The van der Waals surface area contributed by atoms with Crippen LogP contribution in [0.25, 0.3) is 0 Å². The summed E-state index contributed by atoms with van der Waals surface area (Å²) in [4.78, 5) is 11.3. The smallest absolute Gasteiger partial charge is 0.237 e. The van der Waals surface area contributed by atoms with Gasteiger partial charge in [-0.3, -0.25) is 4.79 Å². The summed E-state index contributed by atoms with van der Waals surface area (Å²) in [6.45, 7) is 1.47.